The molecule has 0 fully saturated rings. The Hall–Kier alpha value is -0.780. The molecule has 1 aromatic carbocycles. The normalized spacial score (nSPS) is 25.9. The monoisotopic (exact) mass is 187 g/mol. The first-order chi connectivity index (χ1) is 6.52. The van der Waals surface area contributed by atoms with E-state index < -0.39 is 0 Å². The SMILES string of the molecule is C[C]1c2ccccc2C(C)(C)CC1C. The number of rotatable bonds is 0. The van der Waals surface area contributed by atoms with Gasteiger partial charge in [0.2, 0.25) is 0 Å². The van der Waals surface area contributed by atoms with Crippen LogP contribution in [0.4, 0.5) is 0 Å². The van der Waals surface area contributed by atoms with Crippen molar-refractivity contribution >= 4 is 0 Å². The van der Waals surface area contributed by atoms with Crippen LogP contribution in [-0.2, 0) is 5.41 Å². The van der Waals surface area contributed by atoms with Crippen LogP contribution in [0.15, 0.2) is 24.3 Å². The second-order valence-electron chi connectivity index (χ2n) is 5.22. The summed E-state index contributed by atoms with van der Waals surface area (Å²) in [5, 5.41) is 0. The average molecular weight is 187 g/mol. The summed E-state index contributed by atoms with van der Waals surface area (Å²) in [7, 11) is 0. The molecular weight excluding hydrogens is 168 g/mol. The molecule has 0 heteroatoms. The van der Waals surface area contributed by atoms with E-state index in [-0.39, 0.29) is 0 Å². The zero-order chi connectivity index (χ0) is 10.3. The second-order valence-corrected chi connectivity index (χ2v) is 5.22. The Kier molecular flexibility index (Phi) is 2.17. The fourth-order valence-corrected chi connectivity index (χ4v) is 2.71. The summed E-state index contributed by atoms with van der Waals surface area (Å²) < 4.78 is 0. The second kappa shape index (κ2) is 3.12. The summed E-state index contributed by atoms with van der Waals surface area (Å²) in [4.78, 5) is 0. The van der Waals surface area contributed by atoms with Gasteiger partial charge in [-0.3, -0.25) is 0 Å². The van der Waals surface area contributed by atoms with Crippen LogP contribution in [0.25, 0.3) is 0 Å². The van der Waals surface area contributed by atoms with Crippen molar-refractivity contribution < 1.29 is 0 Å². The Morgan fingerprint density at radius 1 is 1.21 bits per heavy atom. The molecular formula is C14H19. The van der Waals surface area contributed by atoms with Gasteiger partial charge in [-0.1, -0.05) is 52.0 Å². The highest BCUT2D eigenvalue weighted by molar-refractivity contribution is 5.45. The number of hydrogen-bond donors (Lipinski definition) is 0. The average Bonchev–Trinajstić information content (AvgIpc) is 2.14. The Labute approximate surface area is 87.3 Å². The summed E-state index contributed by atoms with van der Waals surface area (Å²) in [5.74, 6) is 2.28. The fraction of sp³-hybridized carbons (Fsp3) is 0.500. The Morgan fingerprint density at radius 2 is 1.86 bits per heavy atom. The van der Waals surface area contributed by atoms with Crippen molar-refractivity contribution in [3.8, 4) is 0 Å². The minimum Gasteiger partial charge on any atom is -0.0620 e. The lowest BCUT2D eigenvalue weighted by Crippen LogP contribution is -2.30. The Morgan fingerprint density at radius 3 is 2.57 bits per heavy atom. The first-order valence-electron chi connectivity index (χ1n) is 5.46. The molecule has 0 aliphatic heterocycles. The third-order valence-electron chi connectivity index (χ3n) is 3.64. The van der Waals surface area contributed by atoms with E-state index in [1.54, 1.807) is 5.92 Å². The van der Waals surface area contributed by atoms with Gasteiger partial charge in [-0.2, -0.15) is 0 Å². The quantitative estimate of drug-likeness (QED) is 0.577. The molecule has 1 unspecified atom stereocenters. The van der Waals surface area contributed by atoms with E-state index in [1.807, 2.05) is 0 Å². The van der Waals surface area contributed by atoms with Crippen LogP contribution in [0.5, 0.6) is 0 Å². The first kappa shape index (κ1) is 9.76. The molecule has 14 heavy (non-hydrogen) atoms. The smallest absolute Gasteiger partial charge is 0.00504 e. The van der Waals surface area contributed by atoms with Crippen molar-refractivity contribution in [1.82, 2.24) is 0 Å². The van der Waals surface area contributed by atoms with Crippen molar-refractivity contribution in [3.63, 3.8) is 0 Å². The van der Waals surface area contributed by atoms with Crippen molar-refractivity contribution in [3.05, 3.63) is 41.3 Å². The van der Waals surface area contributed by atoms with Gasteiger partial charge in [-0.25, -0.2) is 0 Å². The predicted molar refractivity (Wildman–Crippen MR) is 61.3 cm³/mol. The first-order valence-corrected chi connectivity index (χ1v) is 5.46. The highest BCUT2D eigenvalue weighted by Gasteiger charge is 2.34. The minimum absolute atomic E-state index is 0.343. The molecule has 0 N–H and O–H groups in total. The molecule has 1 radical (unpaired) electrons. The highest BCUT2D eigenvalue weighted by atomic mass is 14.4. The molecule has 2 rings (SSSR count). The van der Waals surface area contributed by atoms with Gasteiger partial charge < -0.3 is 0 Å². The summed E-state index contributed by atoms with van der Waals surface area (Å²) in [5.41, 5.74) is 3.35. The molecule has 0 heterocycles. The maximum absolute atomic E-state index is 2.36. The van der Waals surface area contributed by atoms with E-state index in [0.717, 1.165) is 5.92 Å². The molecule has 1 aliphatic carbocycles. The third kappa shape index (κ3) is 1.37. The van der Waals surface area contributed by atoms with Crippen LogP contribution < -0.4 is 0 Å². The highest BCUT2D eigenvalue weighted by Crippen LogP contribution is 2.44. The third-order valence-corrected chi connectivity index (χ3v) is 3.64. The zero-order valence-electron chi connectivity index (χ0n) is 9.59. The van der Waals surface area contributed by atoms with Crippen LogP contribution in [0.2, 0.25) is 0 Å². The molecule has 1 aliphatic rings. The predicted octanol–water partition coefficient (Wildman–Crippen LogP) is 3.95. The van der Waals surface area contributed by atoms with Crippen LogP contribution in [0, 0.1) is 11.8 Å². The number of benzene rings is 1. The Bertz CT molecular complexity index is 336. The summed E-state index contributed by atoms with van der Waals surface area (Å²) in [6.07, 6.45) is 1.27. The van der Waals surface area contributed by atoms with E-state index in [9.17, 15) is 0 Å². The molecule has 0 bridgehead atoms. The molecule has 0 spiro atoms. The molecule has 1 aromatic rings. The lowest BCUT2D eigenvalue weighted by molar-refractivity contribution is 0.368. The van der Waals surface area contributed by atoms with E-state index in [2.05, 4.69) is 52.0 Å². The topological polar surface area (TPSA) is 0 Å². The maximum atomic E-state index is 2.36. The van der Waals surface area contributed by atoms with Crippen LogP contribution in [-0.4, -0.2) is 0 Å². The van der Waals surface area contributed by atoms with Gasteiger partial charge in [0.15, 0.2) is 0 Å². The molecule has 0 nitrogen and oxygen atoms in total. The van der Waals surface area contributed by atoms with Gasteiger partial charge in [-0.15, -0.1) is 0 Å². The molecule has 0 amide bonds. The number of hydrogen-bond acceptors (Lipinski definition) is 0. The van der Waals surface area contributed by atoms with Crippen LogP contribution in [0.3, 0.4) is 0 Å². The summed E-state index contributed by atoms with van der Waals surface area (Å²) in [6.45, 7) is 9.33. The van der Waals surface area contributed by atoms with Crippen LogP contribution in [0.1, 0.15) is 45.2 Å². The lowest BCUT2D eigenvalue weighted by atomic mass is 9.65. The van der Waals surface area contributed by atoms with Gasteiger partial charge in [0, 0.05) is 5.92 Å². The molecule has 75 valence electrons. The summed E-state index contributed by atoms with van der Waals surface area (Å²) >= 11 is 0. The van der Waals surface area contributed by atoms with Gasteiger partial charge in [0.25, 0.3) is 0 Å². The largest absolute Gasteiger partial charge is 0.0620 e. The maximum Gasteiger partial charge on any atom is 0.00504 e. The van der Waals surface area contributed by atoms with E-state index >= 15 is 0 Å². The van der Waals surface area contributed by atoms with E-state index in [0.29, 0.717) is 5.41 Å². The van der Waals surface area contributed by atoms with Gasteiger partial charge in [0.05, 0.1) is 0 Å². The number of fused-ring (bicyclic) bond motifs is 1. The standard InChI is InChI=1S/C14H19/c1-10-9-14(3,4)13-8-6-5-7-12(13)11(10)2/h5-8,10H,9H2,1-4H3. The van der Waals surface area contributed by atoms with Gasteiger partial charge in [-0.05, 0) is 28.9 Å². The molecule has 1 atom stereocenters. The zero-order valence-corrected chi connectivity index (χ0v) is 9.59. The van der Waals surface area contributed by atoms with Crippen molar-refractivity contribution in [2.45, 2.75) is 39.5 Å². The van der Waals surface area contributed by atoms with Crippen molar-refractivity contribution in [1.29, 1.82) is 0 Å². The fourth-order valence-electron chi connectivity index (χ4n) is 2.71. The van der Waals surface area contributed by atoms with Gasteiger partial charge in [0.1, 0.15) is 0 Å². The van der Waals surface area contributed by atoms with E-state index in [1.165, 1.54) is 17.5 Å². The van der Waals surface area contributed by atoms with Crippen molar-refractivity contribution in [2.75, 3.05) is 0 Å². The molecule has 0 saturated heterocycles. The van der Waals surface area contributed by atoms with Crippen molar-refractivity contribution in [2.24, 2.45) is 5.92 Å². The Balaban J connectivity index is 2.56. The van der Waals surface area contributed by atoms with E-state index in [4.69, 9.17) is 0 Å². The van der Waals surface area contributed by atoms with Gasteiger partial charge >= 0.3 is 0 Å². The molecule has 0 aromatic heterocycles. The molecule has 0 saturated carbocycles. The lowest BCUT2D eigenvalue weighted by Gasteiger charge is -2.39. The minimum atomic E-state index is 0.343. The summed E-state index contributed by atoms with van der Waals surface area (Å²) in [6, 6.07) is 8.85. The van der Waals surface area contributed by atoms with Crippen LogP contribution >= 0.6 is 0 Å².